The van der Waals surface area contributed by atoms with Gasteiger partial charge in [0, 0.05) is 11.9 Å². The molecule has 0 aromatic carbocycles. The van der Waals surface area contributed by atoms with E-state index in [0.29, 0.717) is 0 Å². The number of carbonyl (C=O) groups is 2. The van der Waals surface area contributed by atoms with Gasteiger partial charge in [0.05, 0.1) is 13.2 Å². The Morgan fingerprint density at radius 1 is 0.824 bits per heavy atom. The van der Waals surface area contributed by atoms with Crippen LogP contribution >= 0.6 is 0 Å². The number of carbonyl (C=O) groups excluding carboxylic acids is 2. The molecule has 0 aliphatic carbocycles. The van der Waals surface area contributed by atoms with Crippen LogP contribution in [0.3, 0.4) is 0 Å². The molecular formula is C6H20MgO10. The first-order valence-corrected chi connectivity index (χ1v) is 2.95. The zero-order chi connectivity index (χ0) is 10.6. The third-order valence-electron chi connectivity index (χ3n) is 0.1000. The predicted molar refractivity (Wildman–Crippen MR) is 55.7 cm³/mol. The van der Waals surface area contributed by atoms with Gasteiger partial charge < -0.3 is 51.9 Å². The summed E-state index contributed by atoms with van der Waals surface area (Å²) in [5.41, 5.74) is 0. The first-order chi connectivity index (χ1) is 5.38. The minimum atomic E-state index is -1.08. The third-order valence-corrected chi connectivity index (χ3v) is 0.1000. The molecule has 0 aromatic heterocycles. The Labute approximate surface area is 114 Å². The van der Waals surface area contributed by atoms with Crippen LogP contribution in [0.25, 0.3) is 0 Å². The zero-order valence-corrected chi connectivity index (χ0v) is 11.1. The maximum atomic E-state index is 8.89. The molecule has 0 rings (SSSR count). The van der Waals surface area contributed by atoms with E-state index >= 15 is 0 Å². The van der Waals surface area contributed by atoms with Crippen molar-refractivity contribution in [2.45, 2.75) is 13.8 Å². The molecule has 0 aromatic rings. The van der Waals surface area contributed by atoms with Crippen LogP contribution in [-0.4, -0.2) is 80.3 Å². The van der Waals surface area contributed by atoms with E-state index in [9.17, 15) is 0 Å². The van der Waals surface area contributed by atoms with Crippen LogP contribution in [-0.2, 0) is 9.59 Å². The molecule has 0 aliphatic rings. The Balaban J connectivity index is -0.0000000104. The summed E-state index contributed by atoms with van der Waals surface area (Å²) < 4.78 is 0. The molecule has 0 unspecified atom stereocenters. The second-order valence-electron chi connectivity index (χ2n) is 1.43. The molecule has 0 spiro atoms. The van der Waals surface area contributed by atoms with Gasteiger partial charge in [-0.3, -0.25) is 0 Å². The molecule has 10 nitrogen and oxygen atoms in total. The fraction of sp³-hybridized carbons (Fsp3) is 0.667. The molecule has 0 aliphatic heterocycles. The van der Waals surface area contributed by atoms with Gasteiger partial charge in [0.15, 0.2) is 0 Å². The van der Waals surface area contributed by atoms with Crippen molar-refractivity contribution in [3.05, 3.63) is 0 Å². The van der Waals surface area contributed by atoms with E-state index in [2.05, 4.69) is 0 Å². The summed E-state index contributed by atoms with van der Waals surface area (Å²) in [5, 5.41) is 33.0. The number of hydrogen-bond acceptors (Lipinski definition) is 6. The van der Waals surface area contributed by atoms with Crippen LogP contribution in [0.2, 0.25) is 0 Å². The number of hydrogen-bond donors (Lipinski definition) is 2. The largest absolute Gasteiger partial charge is 2.00 e. The molecule has 17 heavy (non-hydrogen) atoms. The Morgan fingerprint density at radius 2 is 0.882 bits per heavy atom. The normalized spacial score (nSPS) is 4.71. The Kier molecular flexibility index (Phi) is 188. The second-order valence-corrected chi connectivity index (χ2v) is 1.43. The molecule has 0 radical (unpaired) electrons. The fourth-order valence-corrected chi connectivity index (χ4v) is 0. The fourth-order valence-electron chi connectivity index (χ4n) is 0. The standard InChI is InChI=1S/2C2H4O2.C2H6O2.Mg.4H2O/c2*1-2(3)4;3-1-2-4;;;;;/h2*1H3,(H,3,4);3-4H,1-2H2;;4*1H2/q;;;+2;;;;/p-2. The van der Waals surface area contributed by atoms with E-state index in [1.54, 1.807) is 0 Å². The molecular weight excluding hydrogens is 256 g/mol. The second kappa shape index (κ2) is 58.1. The van der Waals surface area contributed by atoms with Gasteiger partial charge in [-0.25, -0.2) is 0 Å². The Bertz CT molecular complexity index is 97.4. The van der Waals surface area contributed by atoms with Gasteiger partial charge in [-0.15, -0.1) is 0 Å². The molecule has 0 bridgehead atoms. The van der Waals surface area contributed by atoms with Crippen molar-refractivity contribution in [1.29, 1.82) is 0 Å². The molecule has 106 valence electrons. The van der Waals surface area contributed by atoms with E-state index in [1.807, 2.05) is 0 Å². The summed E-state index contributed by atoms with van der Waals surface area (Å²) in [6, 6.07) is 0. The average molecular weight is 277 g/mol. The van der Waals surface area contributed by atoms with Crippen molar-refractivity contribution in [3.63, 3.8) is 0 Å². The maximum absolute atomic E-state index is 8.89. The zero-order valence-electron chi connectivity index (χ0n) is 9.65. The van der Waals surface area contributed by atoms with Gasteiger partial charge in [0.2, 0.25) is 0 Å². The van der Waals surface area contributed by atoms with Gasteiger partial charge >= 0.3 is 23.1 Å². The average Bonchev–Trinajstić information content (AvgIpc) is 1.85. The van der Waals surface area contributed by atoms with E-state index in [1.165, 1.54) is 0 Å². The van der Waals surface area contributed by atoms with Gasteiger partial charge in [0.1, 0.15) is 0 Å². The molecule has 10 N–H and O–H groups in total. The van der Waals surface area contributed by atoms with Crippen molar-refractivity contribution in [2.24, 2.45) is 0 Å². The summed E-state index contributed by atoms with van der Waals surface area (Å²) in [4.78, 5) is 17.8. The molecule has 0 fully saturated rings. The topological polar surface area (TPSA) is 247 Å². The van der Waals surface area contributed by atoms with Gasteiger partial charge in [-0.05, 0) is 13.8 Å². The Morgan fingerprint density at radius 3 is 0.882 bits per heavy atom. The third kappa shape index (κ3) is 12900. The molecule has 0 amide bonds. The van der Waals surface area contributed by atoms with Crippen LogP contribution < -0.4 is 10.2 Å². The molecule has 0 heterocycles. The van der Waals surface area contributed by atoms with Crippen LogP contribution in [0.1, 0.15) is 13.8 Å². The summed E-state index contributed by atoms with van der Waals surface area (Å²) in [7, 11) is 0. The van der Waals surface area contributed by atoms with Gasteiger partial charge in [-0.1, -0.05) is 0 Å². The summed E-state index contributed by atoms with van der Waals surface area (Å²) >= 11 is 0. The number of carboxylic acids is 2. The van der Waals surface area contributed by atoms with Crippen LogP contribution in [0.15, 0.2) is 0 Å². The molecule has 0 atom stereocenters. The maximum Gasteiger partial charge on any atom is 2.00 e. The van der Waals surface area contributed by atoms with Crippen molar-refractivity contribution in [2.75, 3.05) is 13.2 Å². The van der Waals surface area contributed by atoms with E-state index in [-0.39, 0.29) is 58.2 Å². The van der Waals surface area contributed by atoms with Crippen LogP contribution in [0.4, 0.5) is 0 Å². The van der Waals surface area contributed by atoms with Gasteiger partial charge in [-0.2, -0.15) is 0 Å². The van der Waals surface area contributed by atoms with Crippen LogP contribution in [0.5, 0.6) is 0 Å². The SMILES string of the molecule is CC(=O)[O-].CC(=O)[O-].O.O.O.O.OCCO.[Mg+2]. The van der Waals surface area contributed by atoms with E-state index in [4.69, 9.17) is 30.0 Å². The van der Waals surface area contributed by atoms with Gasteiger partial charge in [0.25, 0.3) is 0 Å². The minimum Gasteiger partial charge on any atom is -0.550 e. The molecule has 0 saturated heterocycles. The first-order valence-electron chi connectivity index (χ1n) is 2.95. The number of rotatable bonds is 1. The van der Waals surface area contributed by atoms with Crippen molar-refractivity contribution in [1.82, 2.24) is 0 Å². The smallest absolute Gasteiger partial charge is 0.550 e. The van der Waals surface area contributed by atoms with E-state index < -0.39 is 11.9 Å². The summed E-state index contributed by atoms with van der Waals surface area (Å²) in [6.07, 6.45) is 0. The first kappa shape index (κ1) is 55.0. The summed E-state index contributed by atoms with van der Waals surface area (Å²) in [5.74, 6) is -2.17. The van der Waals surface area contributed by atoms with Crippen molar-refractivity contribution in [3.8, 4) is 0 Å². The quantitative estimate of drug-likeness (QED) is 0.439. The number of carboxylic acid groups (broad SMARTS) is 2. The predicted octanol–water partition coefficient (Wildman–Crippen LogP) is -7.20. The van der Waals surface area contributed by atoms with Crippen LogP contribution in [0, 0.1) is 0 Å². The molecule has 11 heteroatoms. The van der Waals surface area contributed by atoms with E-state index in [0.717, 1.165) is 13.8 Å². The number of aliphatic hydroxyl groups is 2. The molecule has 0 saturated carbocycles. The Hall–Kier alpha value is -0.534. The van der Waals surface area contributed by atoms with Crippen molar-refractivity contribution < 1.29 is 51.9 Å². The number of aliphatic hydroxyl groups excluding tert-OH is 2. The number of aliphatic carboxylic acids is 2. The summed E-state index contributed by atoms with van der Waals surface area (Å²) in [6.45, 7) is 1.69. The van der Waals surface area contributed by atoms with Crippen molar-refractivity contribution >= 4 is 35.0 Å². The minimum absolute atomic E-state index is 0. The monoisotopic (exact) mass is 276 g/mol.